The summed E-state index contributed by atoms with van der Waals surface area (Å²) in [6.07, 6.45) is 4.39. The highest BCUT2D eigenvalue weighted by molar-refractivity contribution is 5.83. The average molecular weight is 302 g/mol. The Balaban J connectivity index is 1.69. The maximum absolute atomic E-state index is 12.6. The molecule has 118 valence electrons. The summed E-state index contributed by atoms with van der Waals surface area (Å²) >= 11 is 0. The number of rotatable bonds is 3. The number of hydrogen-bond acceptors (Lipinski definition) is 4. The number of fused-ring (bicyclic) bond motifs is 1. The highest BCUT2D eigenvalue weighted by Gasteiger charge is 2.43. The Hall–Kier alpha value is -1.95. The van der Waals surface area contributed by atoms with Crippen molar-refractivity contribution >= 4 is 11.8 Å². The molecule has 1 aromatic heterocycles. The molecule has 2 saturated heterocycles. The molecule has 2 aliphatic rings. The van der Waals surface area contributed by atoms with Gasteiger partial charge in [0.05, 0.1) is 6.04 Å². The second kappa shape index (κ2) is 6.04. The molecule has 6 heteroatoms. The quantitative estimate of drug-likeness (QED) is 0.877. The second-order valence-electron chi connectivity index (χ2n) is 6.24. The number of piperazine rings is 1. The predicted molar refractivity (Wildman–Crippen MR) is 81.8 cm³/mol. The number of nitrogens with one attached hydrogen (secondary N) is 1. The summed E-state index contributed by atoms with van der Waals surface area (Å²) in [5.74, 6) is 0.136. The van der Waals surface area contributed by atoms with E-state index in [1.165, 1.54) is 12.5 Å². The predicted octanol–water partition coefficient (Wildman–Crippen LogP) is 0.391. The lowest BCUT2D eigenvalue weighted by Gasteiger charge is -2.41. The van der Waals surface area contributed by atoms with Gasteiger partial charge < -0.3 is 10.2 Å². The van der Waals surface area contributed by atoms with Gasteiger partial charge in [-0.05, 0) is 31.0 Å². The van der Waals surface area contributed by atoms with E-state index in [9.17, 15) is 9.59 Å². The minimum absolute atomic E-state index is 0.0287. The van der Waals surface area contributed by atoms with Gasteiger partial charge in [-0.25, -0.2) is 0 Å². The normalized spacial score (nSPS) is 28.5. The van der Waals surface area contributed by atoms with E-state index in [1.54, 1.807) is 12.4 Å². The number of pyridine rings is 1. The third-order valence-electron chi connectivity index (χ3n) is 4.59. The fourth-order valence-electron chi connectivity index (χ4n) is 3.50. The second-order valence-corrected chi connectivity index (χ2v) is 6.24. The first-order valence-corrected chi connectivity index (χ1v) is 7.75. The first-order chi connectivity index (χ1) is 10.5. The van der Waals surface area contributed by atoms with E-state index in [1.807, 2.05) is 24.0 Å². The van der Waals surface area contributed by atoms with E-state index in [4.69, 9.17) is 0 Å². The SMILES string of the molecule is CC(=O)N[C@H]1C[C@H]2CN(Cc3ccncc3)[C@@H](C)C(=O)N2C1. The van der Waals surface area contributed by atoms with Crippen LogP contribution in [0.4, 0.5) is 0 Å². The highest BCUT2D eigenvalue weighted by Crippen LogP contribution is 2.27. The van der Waals surface area contributed by atoms with Crippen molar-refractivity contribution in [3.63, 3.8) is 0 Å². The van der Waals surface area contributed by atoms with E-state index >= 15 is 0 Å². The summed E-state index contributed by atoms with van der Waals surface area (Å²) in [7, 11) is 0. The zero-order valence-corrected chi connectivity index (χ0v) is 13.0. The first kappa shape index (κ1) is 15.0. The minimum atomic E-state index is -0.125. The molecule has 2 fully saturated rings. The van der Waals surface area contributed by atoms with Crippen molar-refractivity contribution in [3.05, 3.63) is 30.1 Å². The molecule has 22 heavy (non-hydrogen) atoms. The summed E-state index contributed by atoms with van der Waals surface area (Å²) < 4.78 is 0. The molecule has 2 aliphatic heterocycles. The van der Waals surface area contributed by atoms with Gasteiger partial charge in [-0.2, -0.15) is 0 Å². The van der Waals surface area contributed by atoms with Crippen molar-refractivity contribution in [1.29, 1.82) is 0 Å². The van der Waals surface area contributed by atoms with Gasteiger partial charge in [-0.15, -0.1) is 0 Å². The van der Waals surface area contributed by atoms with Crippen molar-refractivity contribution in [2.45, 2.75) is 44.9 Å². The maximum atomic E-state index is 12.6. The van der Waals surface area contributed by atoms with Gasteiger partial charge in [0.25, 0.3) is 0 Å². The molecule has 0 spiro atoms. The molecule has 0 aromatic carbocycles. The van der Waals surface area contributed by atoms with Crippen molar-refractivity contribution in [2.24, 2.45) is 0 Å². The lowest BCUT2D eigenvalue weighted by molar-refractivity contribution is -0.143. The van der Waals surface area contributed by atoms with Crippen LogP contribution in [0.2, 0.25) is 0 Å². The van der Waals surface area contributed by atoms with E-state index < -0.39 is 0 Å². The minimum Gasteiger partial charge on any atom is -0.352 e. The smallest absolute Gasteiger partial charge is 0.240 e. The zero-order chi connectivity index (χ0) is 15.7. The monoisotopic (exact) mass is 302 g/mol. The summed E-state index contributed by atoms with van der Waals surface area (Å²) in [5, 5.41) is 2.94. The molecule has 0 saturated carbocycles. The lowest BCUT2D eigenvalue weighted by atomic mass is 10.1. The number of carbonyl (C=O) groups excluding carboxylic acids is 2. The van der Waals surface area contributed by atoms with Crippen LogP contribution in [0.15, 0.2) is 24.5 Å². The largest absolute Gasteiger partial charge is 0.352 e. The van der Waals surface area contributed by atoms with Gasteiger partial charge in [-0.1, -0.05) is 0 Å². The molecule has 0 radical (unpaired) electrons. The average Bonchev–Trinajstić information content (AvgIpc) is 2.87. The molecule has 3 heterocycles. The van der Waals surface area contributed by atoms with Gasteiger partial charge in [0.2, 0.25) is 11.8 Å². The molecule has 6 nitrogen and oxygen atoms in total. The molecule has 2 amide bonds. The third kappa shape index (κ3) is 2.97. The Kier molecular flexibility index (Phi) is 4.11. The molecule has 0 bridgehead atoms. The van der Waals surface area contributed by atoms with E-state index in [0.717, 1.165) is 19.5 Å². The fourth-order valence-corrected chi connectivity index (χ4v) is 3.50. The van der Waals surface area contributed by atoms with Crippen LogP contribution in [0.3, 0.4) is 0 Å². The van der Waals surface area contributed by atoms with Crippen molar-refractivity contribution in [1.82, 2.24) is 20.1 Å². The van der Waals surface area contributed by atoms with Crippen LogP contribution in [-0.4, -0.2) is 57.8 Å². The van der Waals surface area contributed by atoms with Gasteiger partial charge in [0.15, 0.2) is 0 Å². The molecular weight excluding hydrogens is 280 g/mol. The van der Waals surface area contributed by atoms with Crippen LogP contribution in [0, 0.1) is 0 Å². The van der Waals surface area contributed by atoms with E-state index in [2.05, 4.69) is 15.2 Å². The van der Waals surface area contributed by atoms with Crippen molar-refractivity contribution in [3.8, 4) is 0 Å². The molecule has 1 N–H and O–H groups in total. The van der Waals surface area contributed by atoms with Crippen molar-refractivity contribution < 1.29 is 9.59 Å². The molecule has 3 atom stereocenters. The number of nitrogens with zero attached hydrogens (tertiary/aromatic N) is 3. The number of carbonyl (C=O) groups is 2. The molecule has 3 rings (SSSR count). The van der Waals surface area contributed by atoms with Gasteiger partial charge in [0, 0.05) is 51.0 Å². The van der Waals surface area contributed by atoms with Crippen LogP contribution < -0.4 is 5.32 Å². The summed E-state index contributed by atoms with van der Waals surface area (Å²) in [6, 6.07) is 4.12. The van der Waals surface area contributed by atoms with Crippen LogP contribution in [0.25, 0.3) is 0 Å². The third-order valence-corrected chi connectivity index (χ3v) is 4.59. The van der Waals surface area contributed by atoms with Crippen LogP contribution in [-0.2, 0) is 16.1 Å². The Labute approximate surface area is 130 Å². The Morgan fingerprint density at radius 2 is 2.09 bits per heavy atom. The topological polar surface area (TPSA) is 65.5 Å². The lowest BCUT2D eigenvalue weighted by Crippen LogP contribution is -2.58. The number of aromatic nitrogens is 1. The van der Waals surface area contributed by atoms with E-state index in [-0.39, 0.29) is 29.9 Å². The molecule has 0 aliphatic carbocycles. The summed E-state index contributed by atoms with van der Waals surface area (Å²) in [4.78, 5) is 32.0. The fraction of sp³-hybridized carbons (Fsp3) is 0.562. The van der Waals surface area contributed by atoms with E-state index in [0.29, 0.717) is 6.54 Å². The molecular formula is C16H22N4O2. The summed E-state index contributed by atoms with van der Waals surface area (Å²) in [6.45, 7) is 5.73. The van der Waals surface area contributed by atoms with Crippen LogP contribution >= 0.6 is 0 Å². The van der Waals surface area contributed by atoms with Crippen LogP contribution in [0.1, 0.15) is 25.8 Å². The number of amides is 2. The van der Waals surface area contributed by atoms with Gasteiger partial charge in [0.1, 0.15) is 0 Å². The molecule has 1 aromatic rings. The highest BCUT2D eigenvalue weighted by atomic mass is 16.2. The zero-order valence-electron chi connectivity index (χ0n) is 13.0. The Bertz CT molecular complexity index is 563. The van der Waals surface area contributed by atoms with Crippen molar-refractivity contribution in [2.75, 3.05) is 13.1 Å². The number of hydrogen-bond donors (Lipinski definition) is 1. The maximum Gasteiger partial charge on any atom is 0.240 e. The molecule has 0 unspecified atom stereocenters. The first-order valence-electron chi connectivity index (χ1n) is 7.75. The standard InChI is InChI=1S/C16H22N4O2/c1-11-16(22)20-9-14(18-12(2)21)7-15(20)10-19(11)8-13-3-5-17-6-4-13/h3-6,11,14-15H,7-10H2,1-2H3,(H,18,21)/t11-,14-,15-/m0/s1. The Morgan fingerprint density at radius 3 is 2.77 bits per heavy atom. The summed E-state index contributed by atoms with van der Waals surface area (Å²) in [5.41, 5.74) is 1.17. The van der Waals surface area contributed by atoms with Gasteiger partial charge in [-0.3, -0.25) is 19.5 Å². The van der Waals surface area contributed by atoms with Crippen LogP contribution in [0.5, 0.6) is 0 Å². The Morgan fingerprint density at radius 1 is 1.36 bits per heavy atom. The van der Waals surface area contributed by atoms with Gasteiger partial charge >= 0.3 is 0 Å².